The molecule has 1 aromatic rings. The molecule has 2 fully saturated rings. The van der Waals surface area contributed by atoms with Crippen molar-refractivity contribution in [3.05, 3.63) is 46.3 Å². The molecular formula is C25H26N6Na2O11S. The standard InChI is InChI=1S/C25H27N6O11S.2Na/c1-3-29-8-9-30(20(36)19(29)35)24(40)26-16(13-4-6-15(33)7-5-13)18(34)27-25(28-41)22(39)31-17(21(37)38)14(10-42-12(2)32)11-43-23(25)31;;/h4-7,16,23,28,33H,3,8-11H2,1-2H3,(H,26,40)(H,27,34)(H,37,38);;/q-1;2*+1/p-1/t16?,23-,25-;;/m0../s1. The van der Waals surface area contributed by atoms with Crippen LogP contribution < -0.4 is 80.3 Å². The number of urea groups is 1. The van der Waals surface area contributed by atoms with Gasteiger partial charge in [0.05, 0.1) is 11.7 Å². The van der Waals surface area contributed by atoms with Gasteiger partial charge in [-0.15, -0.1) is 11.8 Å². The molecule has 3 atom stereocenters. The second-order valence-corrected chi connectivity index (χ2v) is 10.6. The van der Waals surface area contributed by atoms with E-state index in [1.807, 2.05) is 0 Å². The quantitative estimate of drug-likeness (QED) is 0.0480. The maximum absolute atomic E-state index is 13.6. The normalized spacial score (nSPS) is 21.4. The number of hydroxylamine groups is 1. The van der Waals surface area contributed by atoms with Gasteiger partial charge >= 0.3 is 82.9 Å². The monoisotopic (exact) mass is 664 g/mol. The number of thioether (sulfide) groups is 1. The Kier molecular flexibility index (Phi) is 13.5. The molecule has 0 aromatic heterocycles. The summed E-state index contributed by atoms with van der Waals surface area (Å²) in [6, 6.07) is 2.16. The largest absolute Gasteiger partial charge is 1.00 e. The zero-order valence-corrected chi connectivity index (χ0v) is 29.6. The van der Waals surface area contributed by atoms with Crippen LogP contribution in [-0.2, 0) is 33.5 Å². The van der Waals surface area contributed by atoms with Crippen molar-refractivity contribution in [2.75, 3.05) is 32.0 Å². The minimum Gasteiger partial charge on any atom is -0.786 e. The Morgan fingerprint density at radius 1 is 1.11 bits per heavy atom. The molecule has 3 aliphatic rings. The zero-order valence-electron chi connectivity index (χ0n) is 24.8. The van der Waals surface area contributed by atoms with E-state index in [2.05, 4.69) is 10.6 Å². The molecule has 1 aromatic carbocycles. The van der Waals surface area contributed by atoms with Crippen LogP contribution in [0.5, 0.6) is 5.75 Å². The van der Waals surface area contributed by atoms with E-state index in [1.54, 1.807) is 6.92 Å². The number of β-lactam (4-membered cyclic amide) rings is 1. The number of fused-ring (bicyclic) bond motifs is 1. The number of piperazine rings is 1. The van der Waals surface area contributed by atoms with E-state index < -0.39 is 71.0 Å². The number of nitrogens with zero attached hydrogens (tertiary/aromatic N) is 3. The number of esters is 1. The van der Waals surface area contributed by atoms with Crippen molar-refractivity contribution in [3.8, 4) is 5.75 Å². The smallest absolute Gasteiger partial charge is 0.786 e. The maximum Gasteiger partial charge on any atom is 1.00 e. The molecule has 3 aliphatic heterocycles. The van der Waals surface area contributed by atoms with Gasteiger partial charge in [-0.3, -0.25) is 33.8 Å². The van der Waals surface area contributed by atoms with Crippen LogP contribution in [0, 0.1) is 5.21 Å². The number of rotatable bonds is 9. The Hall–Kier alpha value is -2.68. The fourth-order valence-corrected chi connectivity index (χ4v) is 6.13. The van der Waals surface area contributed by atoms with Crippen LogP contribution >= 0.6 is 11.8 Å². The van der Waals surface area contributed by atoms with Crippen molar-refractivity contribution in [2.45, 2.75) is 30.9 Å². The first-order chi connectivity index (χ1) is 20.4. The molecular weight excluding hydrogens is 638 g/mol. The summed E-state index contributed by atoms with van der Waals surface area (Å²) in [5, 5.41) is 37.2. The number of carbonyl (C=O) groups excluding carboxylic acids is 7. The Morgan fingerprint density at radius 3 is 2.31 bits per heavy atom. The number of carboxylic acid groups (broad SMARTS) is 1. The number of phenols is 1. The van der Waals surface area contributed by atoms with Crippen LogP contribution in [0.1, 0.15) is 25.5 Å². The van der Waals surface area contributed by atoms with Gasteiger partial charge in [-0.25, -0.2) is 4.79 Å². The van der Waals surface area contributed by atoms with Gasteiger partial charge in [-0.1, -0.05) is 12.1 Å². The average molecular weight is 665 g/mol. The Labute approximate surface area is 304 Å². The predicted octanol–water partition coefficient (Wildman–Crippen LogP) is -8.78. The van der Waals surface area contributed by atoms with Crippen LogP contribution in [0.4, 0.5) is 4.79 Å². The summed E-state index contributed by atoms with van der Waals surface area (Å²) in [5.74, 6) is -7.09. The van der Waals surface area contributed by atoms with Gasteiger partial charge in [-0.05, 0) is 24.6 Å². The van der Waals surface area contributed by atoms with Crippen molar-refractivity contribution in [2.24, 2.45) is 0 Å². The molecule has 0 aliphatic carbocycles. The number of hydrogen-bond donors (Lipinski definition) is 4. The number of aromatic hydroxyl groups is 1. The first-order valence-corrected chi connectivity index (χ1v) is 13.8. The Balaban J connectivity index is 0.00000353. The number of hydrogen-bond acceptors (Lipinski definition) is 13. The summed E-state index contributed by atoms with van der Waals surface area (Å²) in [7, 11) is 0. The third-order valence-corrected chi connectivity index (χ3v) is 8.36. The summed E-state index contributed by atoms with van der Waals surface area (Å²) < 4.78 is 4.85. The number of nitrogens with one attached hydrogen (secondary N) is 3. The third-order valence-electron chi connectivity index (χ3n) is 6.97. The van der Waals surface area contributed by atoms with Crippen molar-refractivity contribution in [3.63, 3.8) is 0 Å². The van der Waals surface area contributed by atoms with Crippen LogP contribution in [0.25, 0.3) is 0 Å². The number of amides is 6. The molecule has 3 heterocycles. The topological polar surface area (TPSA) is 241 Å². The summed E-state index contributed by atoms with van der Waals surface area (Å²) >= 11 is 0.892. The Bertz CT molecular complexity index is 1430. The van der Waals surface area contributed by atoms with Gasteiger partial charge in [0.25, 0.3) is 5.91 Å². The fraction of sp³-hybridized carbons (Fsp3) is 0.400. The summed E-state index contributed by atoms with van der Waals surface area (Å²) in [6.45, 7) is 2.45. The minimum absolute atomic E-state index is 0. The first kappa shape index (κ1) is 38.5. The van der Waals surface area contributed by atoms with Gasteiger partial charge in [0.15, 0.2) is 5.66 Å². The molecule has 2 saturated heterocycles. The number of imide groups is 1. The average Bonchev–Trinajstić information content (AvgIpc) is 2.98. The molecule has 6 amide bonds. The number of phenolic OH excluding ortho intramolecular Hbond substituents is 1. The number of carbonyl (C=O) groups is 7. The third kappa shape index (κ3) is 7.50. The van der Waals surface area contributed by atoms with E-state index in [4.69, 9.17) is 4.74 Å². The van der Waals surface area contributed by atoms with Gasteiger partial charge in [0, 0.05) is 37.9 Å². The number of ether oxygens (including phenoxy) is 1. The number of aliphatic carboxylic acids is 1. The van der Waals surface area contributed by atoms with E-state index in [9.17, 15) is 49.0 Å². The van der Waals surface area contributed by atoms with Crippen molar-refractivity contribution in [1.29, 1.82) is 0 Å². The maximum atomic E-state index is 13.6. The molecule has 20 heteroatoms. The van der Waals surface area contributed by atoms with E-state index >= 15 is 0 Å². The molecule has 17 nitrogen and oxygen atoms in total. The van der Waals surface area contributed by atoms with E-state index in [0.717, 1.165) is 23.6 Å². The van der Waals surface area contributed by atoms with Gasteiger partial charge in [-0.2, -0.15) is 0 Å². The molecule has 4 rings (SSSR count). The van der Waals surface area contributed by atoms with Crippen LogP contribution in [0.15, 0.2) is 35.5 Å². The molecule has 230 valence electrons. The van der Waals surface area contributed by atoms with Crippen molar-refractivity contribution >= 4 is 53.4 Å². The molecule has 0 spiro atoms. The van der Waals surface area contributed by atoms with Crippen molar-refractivity contribution in [1.82, 2.24) is 30.8 Å². The molecule has 0 saturated carbocycles. The second-order valence-electron chi connectivity index (χ2n) is 9.57. The van der Waals surface area contributed by atoms with Crippen molar-refractivity contribution < 1.29 is 108 Å². The van der Waals surface area contributed by atoms with Crippen LogP contribution in [0.3, 0.4) is 0 Å². The molecule has 45 heavy (non-hydrogen) atoms. The van der Waals surface area contributed by atoms with E-state index in [-0.39, 0.29) is 101 Å². The molecule has 1 unspecified atom stereocenters. The van der Waals surface area contributed by atoms with Gasteiger partial charge in [0.1, 0.15) is 23.8 Å². The van der Waals surface area contributed by atoms with Gasteiger partial charge in [0.2, 0.25) is 5.91 Å². The predicted molar refractivity (Wildman–Crippen MR) is 142 cm³/mol. The minimum atomic E-state index is -2.38. The van der Waals surface area contributed by atoms with E-state index in [1.165, 1.54) is 34.6 Å². The summed E-state index contributed by atoms with van der Waals surface area (Å²) in [6.07, 6.45) is 0. The number of benzene rings is 1. The van der Waals surface area contributed by atoms with Crippen LogP contribution in [-0.4, -0.2) is 104 Å². The first-order valence-electron chi connectivity index (χ1n) is 12.8. The fourth-order valence-electron chi connectivity index (χ4n) is 4.75. The SMILES string of the molecule is CCN1CCN(C(=O)NC(C(=O)N[C@]2(N[O-])C(=O)N3C(C(=O)[O-])=C(COC(C)=O)CS[C@H]32)c2ccc(O)cc2)C(=O)C1=O.[Na+].[Na+]. The second kappa shape index (κ2) is 15.7. The molecule has 0 radical (unpaired) electrons. The molecule has 0 bridgehead atoms. The zero-order chi connectivity index (χ0) is 31.6. The number of carboxylic acids is 1. The molecule has 4 N–H and O–H groups in total. The van der Waals surface area contributed by atoms with E-state index in [0.29, 0.717) is 4.90 Å². The Morgan fingerprint density at radius 2 is 1.76 bits per heavy atom. The summed E-state index contributed by atoms with van der Waals surface area (Å²) in [5.41, 5.74) is -1.41. The number of likely N-dealkylation sites (N-methyl/N-ethyl adjacent to an activating group) is 1. The van der Waals surface area contributed by atoms with Gasteiger partial charge < -0.3 is 46.0 Å². The summed E-state index contributed by atoms with van der Waals surface area (Å²) in [4.78, 5) is 90.6. The van der Waals surface area contributed by atoms with Crippen LogP contribution in [0.2, 0.25) is 0 Å².